The molecule has 0 aromatic heterocycles. The molecule has 3 N–H and O–H groups in total. The Labute approximate surface area is 125 Å². The van der Waals surface area contributed by atoms with Gasteiger partial charge in [0.25, 0.3) is 0 Å². The number of carbonyl (C=O) groups is 1. The summed E-state index contributed by atoms with van der Waals surface area (Å²) in [5.74, 6) is 0.0978. The summed E-state index contributed by atoms with van der Waals surface area (Å²) in [5.41, 5.74) is 10.0. The van der Waals surface area contributed by atoms with Crippen molar-refractivity contribution in [2.75, 3.05) is 5.73 Å². The maximum atomic E-state index is 12.5. The van der Waals surface area contributed by atoms with Gasteiger partial charge >= 0.3 is 0 Å². The molecule has 1 amide bonds. The number of nitrogens with two attached hydrogens (primary N) is 1. The van der Waals surface area contributed by atoms with E-state index in [1.54, 1.807) is 0 Å². The third kappa shape index (κ3) is 3.07. The van der Waals surface area contributed by atoms with Crippen LogP contribution in [-0.2, 0) is 17.8 Å². The van der Waals surface area contributed by atoms with Crippen LogP contribution in [0.5, 0.6) is 0 Å². The summed E-state index contributed by atoms with van der Waals surface area (Å²) in [4.78, 5) is 12.5. The smallest absolute Gasteiger partial charge is 0.227 e. The Hall–Kier alpha value is -2.29. The zero-order valence-electron chi connectivity index (χ0n) is 12.0. The van der Waals surface area contributed by atoms with Crippen LogP contribution in [0.3, 0.4) is 0 Å². The zero-order chi connectivity index (χ0) is 14.7. The number of nitrogens with one attached hydrogen (secondary N) is 1. The lowest BCUT2D eigenvalue weighted by atomic mass is 9.82. The molecule has 3 heteroatoms. The van der Waals surface area contributed by atoms with Gasteiger partial charge in [0.15, 0.2) is 0 Å². The minimum atomic E-state index is -0.0176. The van der Waals surface area contributed by atoms with Crippen LogP contribution in [0.1, 0.15) is 35.4 Å². The summed E-state index contributed by atoms with van der Waals surface area (Å²) in [7, 11) is 0. The van der Waals surface area contributed by atoms with Gasteiger partial charge in [0.05, 0.1) is 5.92 Å². The second-order valence-corrected chi connectivity index (χ2v) is 5.61. The molecule has 1 aliphatic rings. The predicted octanol–water partition coefficient (Wildman–Crippen LogP) is 3.01. The summed E-state index contributed by atoms with van der Waals surface area (Å²) in [6.45, 7) is 0.530. The van der Waals surface area contributed by atoms with Crippen LogP contribution in [-0.4, -0.2) is 5.91 Å². The van der Waals surface area contributed by atoms with Crippen molar-refractivity contribution in [3.05, 3.63) is 65.2 Å². The number of rotatable bonds is 3. The summed E-state index contributed by atoms with van der Waals surface area (Å²) >= 11 is 0. The number of hydrogen-bond donors (Lipinski definition) is 2. The van der Waals surface area contributed by atoms with Crippen LogP contribution in [0.15, 0.2) is 48.5 Å². The van der Waals surface area contributed by atoms with Crippen molar-refractivity contribution in [2.45, 2.75) is 31.7 Å². The highest BCUT2D eigenvalue weighted by Crippen LogP contribution is 2.31. The second-order valence-electron chi connectivity index (χ2n) is 5.61. The Morgan fingerprint density at radius 1 is 1.19 bits per heavy atom. The first-order valence-corrected chi connectivity index (χ1v) is 7.44. The number of anilines is 1. The van der Waals surface area contributed by atoms with Gasteiger partial charge in [-0.05, 0) is 48.1 Å². The average Bonchev–Trinajstić information content (AvgIpc) is 2.52. The van der Waals surface area contributed by atoms with Crippen molar-refractivity contribution in [2.24, 2.45) is 0 Å². The summed E-state index contributed by atoms with van der Waals surface area (Å²) in [6, 6.07) is 15.9. The molecule has 2 aromatic carbocycles. The lowest BCUT2D eigenvalue weighted by Gasteiger charge is -2.24. The molecule has 0 aliphatic heterocycles. The first-order valence-electron chi connectivity index (χ1n) is 7.44. The Morgan fingerprint density at radius 3 is 2.90 bits per heavy atom. The molecule has 0 saturated carbocycles. The van der Waals surface area contributed by atoms with Crippen LogP contribution < -0.4 is 11.1 Å². The van der Waals surface area contributed by atoms with Gasteiger partial charge in [-0.15, -0.1) is 0 Å². The number of fused-ring (bicyclic) bond motifs is 1. The van der Waals surface area contributed by atoms with E-state index in [9.17, 15) is 4.79 Å². The Balaban J connectivity index is 1.69. The molecule has 1 atom stereocenters. The van der Waals surface area contributed by atoms with Crippen LogP contribution >= 0.6 is 0 Å². The number of nitrogen functional groups attached to an aromatic ring is 1. The SMILES string of the molecule is Nc1cccc(CNC(=O)C2CCCc3ccccc32)c1. The maximum Gasteiger partial charge on any atom is 0.227 e. The normalized spacial score (nSPS) is 17.0. The fraction of sp³-hybridized carbons (Fsp3) is 0.278. The largest absolute Gasteiger partial charge is 0.399 e. The highest BCUT2D eigenvalue weighted by molar-refractivity contribution is 5.84. The van der Waals surface area contributed by atoms with E-state index >= 15 is 0 Å². The zero-order valence-corrected chi connectivity index (χ0v) is 12.0. The Bertz CT molecular complexity index is 651. The van der Waals surface area contributed by atoms with Crippen molar-refractivity contribution in [3.8, 4) is 0 Å². The quantitative estimate of drug-likeness (QED) is 0.849. The Kier molecular flexibility index (Phi) is 3.91. The van der Waals surface area contributed by atoms with Gasteiger partial charge in [-0.1, -0.05) is 36.4 Å². The average molecular weight is 280 g/mol. The fourth-order valence-electron chi connectivity index (χ4n) is 3.04. The maximum absolute atomic E-state index is 12.5. The van der Waals surface area contributed by atoms with E-state index in [1.807, 2.05) is 36.4 Å². The monoisotopic (exact) mass is 280 g/mol. The van der Waals surface area contributed by atoms with Crippen LogP contribution in [0.25, 0.3) is 0 Å². The first-order chi connectivity index (χ1) is 10.2. The minimum Gasteiger partial charge on any atom is -0.399 e. The standard InChI is InChI=1S/C18H20N2O/c19-15-8-3-5-13(11-15)12-20-18(21)17-10-4-7-14-6-1-2-9-16(14)17/h1-3,5-6,8-9,11,17H,4,7,10,12,19H2,(H,20,21). The van der Waals surface area contributed by atoms with Crippen molar-refractivity contribution in [1.29, 1.82) is 0 Å². The fourth-order valence-corrected chi connectivity index (χ4v) is 3.04. The molecule has 108 valence electrons. The first kappa shape index (κ1) is 13.7. The van der Waals surface area contributed by atoms with E-state index in [1.165, 1.54) is 11.1 Å². The Morgan fingerprint density at radius 2 is 2.05 bits per heavy atom. The van der Waals surface area contributed by atoms with Gasteiger partial charge < -0.3 is 11.1 Å². The van der Waals surface area contributed by atoms with E-state index in [2.05, 4.69) is 17.4 Å². The number of aryl methyl sites for hydroxylation is 1. The van der Waals surface area contributed by atoms with Crippen molar-refractivity contribution < 1.29 is 4.79 Å². The molecule has 0 spiro atoms. The van der Waals surface area contributed by atoms with Crippen molar-refractivity contribution in [1.82, 2.24) is 5.32 Å². The number of amides is 1. The molecule has 0 saturated heterocycles. The van der Waals surface area contributed by atoms with Gasteiger partial charge in [0.1, 0.15) is 0 Å². The van der Waals surface area contributed by atoms with E-state index in [4.69, 9.17) is 5.73 Å². The third-order valence-electron chi connectivity index (χ3n) is 4.10. The summed E-state index contributed by atoms with van der Waals surface area (Å²) in [5, 5.41) is 3.04. The second kappa shape index (κ2) is 6.00. The van der Waals surface area contributed by atoms with Gasteiger partial charge in [-0.3, -0.25) is 4.79 Å². The molecule has 2 aromatic rings. The van der Waals surface area contributed by atoms with Gasteiger partial charge in [-0.2, -0.15) is 0 Å². The molecular weight excluding hydrogens is 260 g/mol. The van der Waals surface area contributed by atoms with Crippen LogP contribution in [0, 0.1) is 0 Å². The van der Waals surface area contributed by atoms with Crippen molar-refractivity contribution >= 4 is 11.6 Å². The molecular formula is C18H20N2O. The molecule has 21 heavy (non-hydrogen) atoms. The van der Waals surface area contributed by atoms with E-state index in [0.717, 1.165) is 30.5 Å². The molecule has 0 bridgehead atoms. The highest BCUT2D eigenvalue weighted by atomic mass is 16.1. The lowest BCUT2D eigenvalue weighted by molar-refractivity contribution is -0.123. The topological polar surface area (TPSA) is 55.1 Å². The van der Waals surface area contributed by atoms with E-state index in [-0.39, 0.29) is 11.8 Å². The van der Waals surface area contributed by atoms with Crippen LogP contribution in [0.4, 0.5) is 5.69 Å². The van der Waals surface area contributed by atoms with E-state index in [0.29, 0.717) is 6.54 Å². The lowest BCUT2D eigenvalue weighted by Crippen LogP contribution is -2.31. The van der Waals surface area contributed by atoms with E-state index < -0.39 is 0 Å². The van der Waals surface area contributed by atoms with Gasteiger partial charge in [-0.25, -0.2) is 0 Å². The number of benzene rings is 2. The molecule has 0 fully saturated rings. The molecule has 0 radical (unpaired) electrons. The van der Waals surface area contributed by atoms with Gasteiger partial charge in [0.2, 0.25) is 5.91 Å². The third-order valence-corrected chi connectivity index (χ3v) is 4.10. The highest BCUT2D eigenvalue weighted by Gasteiger charge is 2.25. The van der Waals surface area contributed by atoms with Crippen LogP contribution in [0.2, 0.25) is 0 Å². The van der Waals surface area contributed by atoms with Crippen molar-refractivity contribution in [3.63, 3.8) is 0 Å². The molecule has 1 unspecified atom stereocenters. The molecule has 0 heterocycles. The summed E-state index contributed by atoms with van der Waals surface area (Å²) < 4.78 is 0. The summed E-state index contributed by atoms with van der Waals surface area (Å²) in [6.07, 6.45) is 3.09. The molecule has 3 rings (SSSR count). The van der Waals surface area contributed by atoms with Gasteiger partial charge in [0, 0.05) is 12.2 Å². The molecule has 3 nitrogen and oxygen atoms in total. The minimum absolute atomic E-state index is 0.0176. The molecule has 1 aliphatic carbocycles. The number of carbonyl (C=O) groups excluding carboxylic acids is 1. The number of hydrogen-bond acceptors (Lipinski definition) is 2. The predicted molar refractivity (Wildman–Crippen MR) is 84.8 cm³/mol.